The van der Waals surface area contributed by atoms with E-state index in [0.717, 1.165) is 31.4 Å². The Morgan fingerprint density at radius 1 is 1.33 bits per heavy atom. The van der Waals surface area contributed by atoms with Crippen molar-refractivity contribution in [2.24, 2.45) is 5.92 Å². The third-order valence-electron chi connectivity index (χ3n) is 5.17. The second kappa shape index (κ2) is 7.15. The summed E-state index contributed by atoms with van der Waals surface area (Å²) in [6, 6.07) is 3.53. The summed E-state index contributed by atoms with van der Waals surface area (Å²) >= 11 is 0. The van der Waals surface area contributed by atoms with Gasteiger partial charge in [0.1, 0.15) is 11.6 Å². The number of ether oxygens (including phenoxy) is 1. The molecule has 0 aromatic heterocycles. The molecule has 2 heterocycles. The van der Waals surface area contributed by atoms with Gasteiger partial charge in [-0.1, -0.05) is 0 Å². The minimum atomic E-state index is -1.07. The number of carbonyl (C=O) groups is 1. The van der Waals surface area contributed by atoms with E-state index in [9.17, 15) is 18.7 Å². The number of carbonyl (C=O) groups excluding carboxylic acids is 1. The molecule has 1 aromatic rings. The third kappa shape index (κ3) is 3.44. The van der Waals surface area contributed by atoms with Crippen molar-refractivity contribution in [3.8, 4) is 0 Å². The molecule has 1 amide bonds. The molecule has 0 aliphatic carbocycles. The Bertz CT molecular complexity index is 594. The van der Waals surface area contributed by atoms with Gasteiger partial charge in [0.25, 0.3) is 5.91 Å². The van der Waals surface area contributed by atoms with Gasteiger partial charge in [-0.05, 0) is 61.8 Å². The molecule has 2 aliphatic rings. The van der Waals surface area contributed by atoms with E-state index in [1.807, 2.05) is 0 Å². The second-order valence-corrected chi connectivity index (χ2v) is 6.78. The molecule has 2 fully saturated rings. The second-order valence-electron chi connectivity index (χ2n) is 6.78. The van der Waals surface area contributed by atoms with E-state index >= 15 is 0 Å². The molecule has 0 bridgehead atoms. The molecule has 24 heavy (non-hydrogen) atoms. The molecule has 0 saturated carbocycles. The number of halogens is 2. The number of hydrogen-bond acceptors (Lipinski definition) is 3. The number of benzene rings is 1. The average Bonchev–Trinajstić information content (AvgIpc) is 3.08. The van der Waals surface area contributed by atoms with E-state index in [-0.39, 0.29) is 24.2 Å². The van der Waals surface area contributed by atoms with Crippen LogP contribution in [0.4, 0.5) is 8.78 Å². The number of likely N-dealkylation sites (tertiary alicyclic amines) is 1. The number of rotatable bonds is 4. The van der Waals surface area contributed by atoms with Crippen molar-refractivity contribution in [3.05, 3.63) is 35.4 Å². The Labute approximate surface area is 140 Å². The van der Waals surface area contributed by atoms with Gasteiger partial charge in [-0.3, -0.25) is 4.79 Å². The molecular weight excluding hydrogens is 316 g/mol. The summed E-state index contributed by atoms with van der Waals surface area (Å²) < 4.78 is 32.5. The minimum absolute atomic E-state index is 0.141. The SMILES string of the molecule is O=C(N1CCC(Cc2cc(F)ccc2F)CC1)[C@]1(CO)CCCO1. The van der Waals surface area contributed by atoms with Crippen LogP contribution in [-0.2, 0) is 16.0 Å². The smallest absolute Gasteiger partial charge is 0.257 e. The quantitative estimate of drug-likeness (QED) is 0.916. The predicted octanol–water partition coefficient (Wildman–Crippen LogP) is 2.29. The van der Waals surface area contributed by atoms with Crippen LogP contribution in [0.25, 0.3) is 0 Å². The van der Waals surface area contributed by atoms with Gasteiger partial charge in [0.15, 0.2) is 5.60 Å². The summed E-state index contributed by atoms with van der Waals surface area (Å²) in [5.41, 5.74) is -0.674. The van der Waals surface area contributed by atoms with Gasteiger partial charge >= 0.3 is 0 Å². The molecule has 0 unspecified atom stereocenters. The summed E-state index contributed by atoms with van der Waals surface area (Å²) in [4.78, 5) is 14.4. The molecular formula is C18H23F2NO3. The molecule has 1 aromatic carbocycles. The number of aliphatic hydroxyl groups excluding tert-OH is 1. The first-order chi connectivity index (χ1) is 11.5. The van der Waals surface area contributed by atoms with Gasteiger partial charge in [-0.15, -0.1) is 0 Å². The van der Waals surface area contributed by atoms with Crippen LogP contribution in [0.1, 0.15) is 31.2 Å². The number of hydrogen-bond donors (Lipinski definition) is 1. The van der Waals surface area contributed by atoms with Crippen LogP contribution in [0.5, 0.6) is 0 Å². The average molecular weight is 339 g/mol. The topological polar surface area (TPSA) is 49.8 Å². The van der Waals surface area contributed by atoms with Gasteiger partial charge in [-0.25, -0.2) is 8.78 Å². The van der Waals surface area contributed by atoms with Crippen LogP contribution < -0.4 is 0 Å². The fourth-order valence-electron chi connectivity index (χ4n) is 3.70. The standard InChI is InChI=1S/C18H23F2NO3/c19-15-2-3-16(20)14(11-15)10-13-4-7-21(8-5-13)17(23)18(12-22)6-1-9-24-18/h2-3,11,13,22H,1,4-10,12H2/t18-/m1/s1. The molecule has 0 spiro atoms. The number of nitrogens with zero attached hydrogens (tertiary/aromatic N) is 1. The van der Waals surface area contributed by atoms with Gasteiger partial charge in [0, 0.05) is 19.7 Å². The Balaban J connectivity index is 1.57. The molecule has 4 nitrogen and oxygen atoms in total. The molecule has 132 valence electrons. The van der Waals surface area contributed by atoms with Crippen molar-refractivity contribution in [1.82, 2.24) is 4.90 Å². The minimum Gasteiger partial charge on any atom is -0.393 e. The Hall–Kier alpha value is -1.53. The van der Waals surface area contributed by atoms with E-state index in [0.29, 0.717) is 38.1 Å². The van der Waals surface area contributed by atoms with Crippen LogP contribution in [-0.4, -0.2) is 47.8 Å². The van der Waals surface area contributed by atoms with Crippen LogP contribution in [0, 0.1) is 17.6 Å². The highest BCUT2D eigenvalue weighted by molar-refractivity contribution is 5.85. The Kier molecular flexibility index (Phi) is 5.15. The fourth-order valence-corrected chi connectivity index (χ4v) is 3.70. The van der Waals surface area contributed by atoms with Crippen molar-refractivity contribution in [2.45, 2.75) is 37.7 Å². The monoisotopic (exact) mass is 339 g/mol. The molecule has 1 atom stereocenters. The maximum Gasteiger partial charge on any atom is 0.257 e. The Morgan fingerprint density at radius 2 is 2.08 bits per heavy atom. The summed E-state index contributed by atoms with van der Waals surface area (Å²) in [6.07, 6.45) is 3.29. The largest absolute Gasteiger partial charge is 0.393 e. The van der Waals surface area contributed by atoms with E-state index < -0.39 is 11.4 Å². The lowest BCUT2D eigenvalue weighted by Crippen LogP contribution is -2.53. The lowest BCUT2D eigenvalue weighted by molar-refractivity contribution is -0.158. The highest BCUT2D eigenvalue weighted by Gasteiger charge is 2.45. The van der Waals surface area contributed by atoms with E-state index in [4.69, 9.17) is 4.74 Å². The summed E-state index contributed by atoms with van der Waals surface area (Å²) in [5.74, 6) is -0.728. The molecule has 6 heteroatoms. The van der Waals surface area contributed by atoms with Crippen molar-refractivity contribution >= 4 is 5.91 Å². The van der Waals surface area contributed by atoms with E-state index in [2.05, 4.69) is 0 Å². The number of piperidine rings is 1. The number of aliphatic hydroxyl groups is 1. The molecule has 2 aliphatic heterocycles. The Morgan fingerprint density at radius 3 is 2.71 bits per heavy atom. The van der Waals surface area contributed by atoms with Crippen molar-refractivity contribution in [1.29, 1.82) is 0 Å². The summed E-state index contributed by atoms with van der Waals surface area (Å²) in [5, 5.41) is 9.57. The zero-order valence-corrected chi connectivity index (χ0v) is 13.6. The zero-order valence-electron chi connectivity index (χ0n) is 13.6. The van der Waals surface area contributed by atoms with E-state index in [1.54, 1.807) is 4.90 Å². The van der Waals surface area contributed by atoms with Crippen molar-refractivity contribution in [3.63, 3.8) is 0 Å². The van der Waals surface area contributed by atoms with Crippen LogP contribution in [0.15, 0.2) is 18.2 Å². The lowest BCUT2D eigenvalue weighted by Gasteiger charge is -2.37. The zero-order chi connectivity index (χ0) is 17.2. The van der Waals surface area contributed by atoms with Gasteiger partial charge in [0.05, 0.1) is 6.61 Å². The van der Waals surface area contributed by atoms with Gasteiger partial charge < -0.3 is 14.7 Å². The highest BCUT2D eigenvalue weighted by atomic mass is 19.1. The summed E-state index contributed by atoms with van der Waals surface area (Å²) in [6.45, 7) is 1.33. The normalized spacial score (nSPS) is 25.2. The van der Waals surface area contributed by atoms with Crippen LogP contribution >= 0.6 is 0 Å². The summed E-state index contributed by atoms with van der Waals surface area (Å²) in [7, 11) is 0. The fraction of sp³-hybridized carbons (Fsp3) is 0.611. The highest BCUT2D eigenvalue weighted by Crippen LogP contribution is 2.30. The lowest BCUT2D eigenvalue weighted by atomic mass is 9.88. The van der Waals surface area contributed by atoms with Crippen molar-refractivity contribution < 1.29 is 23.4 Å². The molecule has 0 radical (unpaired) electrons. The van der Waals surface area contributed by atoms with E-state index in [1.165, 1.54) is 6.07 Å². The van der Waals surface area contributed by atoms with Crippen LogP contribution in [0.3, 0.4) is 0 Å². The van der Waals surface area contributed by atoms with Gasteiger partial charge in [-0.2, -0.15) is 0 Å². The van der Waals surface area contributed by atoms with Crippen LogP contribution in [0.2, 0.25) is 0 Å². The third-order valence-corrected chi connectivity index (χ3v) is 5.17. The van der Waals surface area contributed by atoms with Crippen molar-refractivity contribution in [2.75, 3.05) is 26.3 Å². The number of amides is 1. The van der Waals surface area contributed by atoms with Gasteiger partial charge in [0.2, 0.25) is 0 Å². The molecule has 3 rings (SSSR count). The first-order valence-electron chi connectivity index (χ1n) is 8.52. The molecule has 2 saturated heterocycles. The maximum atomic E-state index is 13.8. The first kappa shape index (κ1) is 17.3. The molecule has 1 N–H and O–H groups in total. The predicted molar refractivity (Wildman–Crippen MR) is 84.4 cm³/mol. The maximum absolute atomic E-state index is 13.8. The first-order valence-corrected chi connectivity index (χ1v) is 8.52.